The van der Waals surface area contributed by atoms with Crippen molar-refractivity contribution >= 4 is 29.3 Å². The van der Waals surface area contributed by atoms with E-state index in [4.69, 9.17) is 0 Å². The molecule has 3 rings (SSSR count). The maximum absolute atomic E-state index is 12.5. The van der Waals surface area contributed by atoms with Crippen molar-refractivity contribution in [3.05, 3.63) is 22.9 Å². The molecule has 9 heteroatoms. The molecule has 0 unspecified atom stereocenters. The second-order valence-electron chi connectivity index (χ2n) is 6.40. The highest BCUT2D eigenvalue weighted by Crippen LogP contribution is 2.20. The van der Waals surface area contributed by atoms with Crippen molar-refractivity contribution in [1.82, 2.24) is 29.5 Å². The molecule has 0 radical (unpaired) electrons. The molecule has 0 saturated carbocycles. The van der Waals surface area contributed by atoms with E-state index >= 15 is 0 Å². The van der Waals surface area contributed by atoms with Gasteiger partial charge in [-0.1, -0.05) is 0 Å². The van der Waals surface area contributed by atoms with Gasteiger partial charge in [-0.3, -0.25) is 18.8 Å². The first kappa shape index (κ1) is 19.4. The van der Waals surface area contributed by atoms with E-state index in [0.717, 1.165) is 38.9 Å². The lowest BCUT2D eigenvalue weighted by molar-refractivity contribution is -0.133. The minimum absolute atomic E-state index is 0. The van der Waals surface area contributed by atoms with Crippen molar-refractivity contribution in [3.63, 3.8) is 0 Å². The average molecular weight is 369 g/mol. The summed E-state index contributed by atoms with van der Waals surface area (Å²) in [6, 6.07) is 0. The lowest BCUT2D eigenvalue weighted by Gasteiger charge is -2.32. The molecule has 1 N–H and O–H groups in total. The first-order chi connectivity index (χ1) is 11.6. The maximum Gasteiger partial charge on any atom is 0.264 e. The molecule has 2 aromatic heterocycles. The minimum Gasteiger partial charge on any atom is -0.341 e. The Bertz CT molecular complexity index is 779. The number of carbonyl (C=O) groups excluding carboxylic acids is 1. The van der Waals surface area contributed by atoms with Gasteiger partial charge in [0, 0.05) is 20.1 Å². The molecule has 25 heavy (non-hydrogen) atoms. The van der Waals surface area contributed by atoms with Gasteiger partial charge in [0.15, 0.2) is 5.65 Å². The normalized spacial score (nSPS) is 15.4. The molecule has 0 aliphatic carbocycles. The predicted octanol–water partition coefficient (Wildman–Crippen LogP) is 0.400. The largest absolute Gasteiger partial charge is 0.341 e. The summed E-state index contributed by atoms with van der Waals surface area (Å²) in [5, 5.41) is 7.65. The molecule has 1 fully saturated rings. The van der Waals surface area contributed by atoms with Crippen LogP contribution in [0.1, 0.15) is 19.3 Å². The summed E-state index contributed by atoms with van der Waals surface area (Å²) >= 11 is 0. The van der Waals surface area contributed by atoms with E-state index < -0.39 is 0 Å². The van der Waals surface area contributed by atoms with Crippen LogP contribution in [0.4, 0.5) is 0 Å². The van der Waals surface area contributed by atoms with E-state index in [9.17, 15) is 9.59 Å². The van der Waals surface area contributed by atoms with Crippen LogP contribution >= 0.6 is 12.4 Å². The number of aromatic nitrogens is 4. The monoisotopic (exact) mass is 368 g/mol. The van der Waals surface area contributed by atoms with Crippen LogP contribution in [0.2, 0.25) is 0 Å². The number of fused-ring (bicyclic) bond motifs is 1. The van der Waals surface area contributed by atoms with Gasteiger partial charge in [-0.15, -0.1) is 12.4 Å². The molecular formula is C16H25ClN6O2. The summed E-state index contributed by atoms with van der Waals surface area (Å²) < 4.78 is 2.93. The first-order valence-electron chi connectivity index (χ1n) is 8.39. The molecule has 1 aliphatic heterocycles. The number of hydrogen-bond donors (Lipinski definition) is 1. The van der Waals surface area contributed by atoms with Gasteiger partial charge in [-0.2, -0.15) is 5.10 Å². The SMILES string of the molecule is CNCCC1CCN(C(=O)Cn2cnc3c(cnn3C)c2=O)CC1.Cl. The maximum atomic E-state index is 12.5. The van der Waals surface area contributed by atoms with E-state index in [2.05, 4.69) is 15.4 Å². The third kappa shape index (κ3) is 4.19. The highest BCUT2D eigenvalue weighted by Gasteiger charge is 2.23. The number of halogens is 1. The summed E-state index contributed by atoms with van der Waals surface area (Å²) in [4.78, 5) is 31.0. The number of piperidine rings is 1. The van der Waals surface area contributed by atoms with Gasteiger partial charge >= 0.3 is 0 Å². The van der Waals surface area contributed by atoms with Crippen LogP contribution in [0.5, 0.6) is 0 Å². The number of amides is 1. The lowest BCUT2D eigenvalue weighted by atomic mass is 9.93. The molecule has 8 nitrogen and oxygen atoms in total. The summed E-state index contributed by atoms with van der Waals surface area (Å²) in [5.41, 5.74) is 0.319. The standard InChI is InChI=1S/C16H24N6O2.ClH/c1-17-6-3-12-4-7-21(8-5-12)14(23)10-22-11-18-15-13(16(22)24)9-19-20(15)2;/h9,11-12,17H,3-8,10H2,1-2H3;1H. The number of rotatable bonds is 5. The Morgan fingerprint density at radius 2 is 2.08 bits per heavy atom. The van der Waals surface area contributed by atoms with Gasteiger partial charge in [0.2, 0.25) is 5.91 Å². The van der Waals surface area contributed by atoms with Gasteiger partial charge in [-0.25, -0.2) is 4.98 Å². The van der Waals surface area contributed by atoms with E-state index in [1.807, 2.05) is 11.9 Å². The minimum atomic E-state index is -0.217. The number of nitrogens with one attached hydrogen (secondary N) is 1. The topological polar surface area (TPSA) is 85.1 Å². The molecule has 0 spiro atoms. The van der Waals surface area contributed by atoms with Gasteiger partial charge in [0.25, 0.3) is 5.56 Å². The van der Waals surface area contributed by atoms with E-state index in [0.29, 0.717) is 17.0 Å². The lowest BCUT2D eigenvalue weighted by Crippen LogP contribution is -2.41. The van der Waals surface area contributed by atoms with Gasteiger partial charge in [-0.05, 0) is 38.8 Å². The van der Waals surface area contributed by atoms with Crippen LogP contribution in [-0.2, 0) is 18.4 Å². The molecule has 1 saturated heterocycles. The predicted molar refractivity (Wildman–Crippen MR) is 97.9 cm³/mol. The Labute approximate surface area is 152 Å². The molecule has 3 heterocycles. The smallest absolute Gasteiger partial charge is 0.264 e. The summed E-state index contributed by atoms with van der Waals surface area (Å²) in [6.07, 6.45) is 6.15. The Balaban J connectivity index is 0.00000225. The van der Waals surface area contributed by atoms with Crippen molar-refractivity contribution in [2.24, 2.45) is 13.0 Å². The molecule has 0 bridgehead atoms. The van der Waals surface area contributed by atoms with Crippen molar-refractivity contribution in [2.45, 2.75) is 25.8 Å². The Morgan fingerprint density at radius 3 is 2.76 bits per heavy atom. The van der Waals surface area contributed by atoms with Gasteiger partial charge in [0.1, 0.15) is 18.3 Å². The number of nitrogens with zero attached hydrogens (tertiary/aromatic N) is 5. The van der Waals surface area contributed by atoms with E-state index in [-0.39, 0.29) is 30.4 Å². The molecule has 138 valence electrons. The zero-order chi connectivity index (χ0) is 17.1. The summed E-state index contributed by atoms with van der Waals surface area (Å²) in [7, 11) is 3.70. The highest BCUT2D eigenvalue weighted by molar-refractivity contribution is 5.85. The Hall–Kier alpha value is -1.93. The van der Waals surface area contributed by atoms with Crippen molar-refractivity contribution in [2.75, 3.05) is 26.7 Å². The van der Waals surface area contributed by atoms with Crippen molar-refractivity contribution in [1.29, 1.82) is 0 Å². The van der Waals surface area contributed by atoms with Crippen LogP contribution in [0.15, 0.2) is 17.3 Å². The fraction of sp³-hybridized carbons (Fsp3) is 0.625. The number of hydrogen-bond acceptors (Lipinski definition) is 5. The van der Waals surface area contributed by atoms with E-state index in [1.54, 1.807) is 11.7 Å². The molecule has 1 amide bonds. The van der Waals surface area contributed by atoms with Crippen LogP contribution in [-0.4, -0.2) is 56.8 Å². The first-order valence-corrected chi connectivity index (χ1v) is 8.39. The van der Waals surface area contributed by atoms with Crippen molar-refractivity contribution < 1.29 is 4.79 Å². The molecule has 2 aromatic rings. The summed E-state index contributed by atoms with van der Waals surface area (Å²) in [5.74, 6) is 0.659. The molecule has 1 aliphatic rings. The number of carbonyl (C=O) groups is 1. The number of aryl methyl sites for hydroxylation is 1. The van der Waals surface area contributed by atoms with Gasteiger partial charge in [0.05, 0.1) is 6.20 Å². The fourth-order valence-electron chi connectivity index (χ4n) is 3.24. The van der Waals surface area contributed by atoms with Crippen molar-refractivity contribution in [3.8, 4) is 0 Å². The highest BCUT2D eigenvalue weighted by atomic mass is 35.5. The molecule has 0 atom stereocenters. The third-order valence-corrected chi connectivity index (χ3v) is 4.79. The summed E-state index contributed by atoms with van der Waals surface area (Å²) in [6.45, 7) is 2.59. The molecular weight excluding hydrogens is 344 g/mol. The van der Waals surface area contributed by atoms with Crippen LogP contribution in [0, 0.1) is 5.92 Å². The molecule has 0 aromatic carbocycles. The second kappa shape index (κ2) is 8.44. The Morgan fingerprint density at radius 1 is 1.36 bits per heavy atom. The van der Waals surface area contributed by atoms with E-state index in [1.165, 1.54) is 17.1 Å². The van der Waals surface area contributed by atoms with Crippen LogP contribution < -0.4 is 10.9 Å². The van der Waals surface area contributed by atoms with Crippen LogP contribution in [0.3, 0.4) is 0 Å². The quantitative estimate of drug-likeness (QED) is 0.825. The Kier molecular flexibility index (Phi) is 6.55. The number of likely N-dealkylation sites (tertiary alicyclic amines) is 1. The zero-order valence-electron chi connectivity index (χ0n) is 14.6. The fourth-order valence-corrected chi connectivity index (χ4v) is 3.24. The average Bonchev–Trinajstić information content (AvgIpc) is 2.98. The zero-order valence-corrected chi connectivity index (χ0v) is 15.5. The van der Waals surface area contributed by atoms with Gasteiger partial charge < -0.3 is 10.2 Å². The van der Waals surface area contributed by atoms with Crippen LogP contribution in [0.25, 0.3) is 11.0 Å². The third-order valence-electron chi connectivity index (χ3n) is 4.79. The second-order valence-corrected chi connectivity index (χ2v) is 6.40.